The zero-order chi connectivity index (χ0) is 12.3. The van der Waals surface area contributed by atoms with Gasteiger partial charge in [0, 0.05) is 18.9 Å². The maximum Gasteiger partial charge on any atom is 0.272 e. The molecule has 0 bridgehead atoms. The predicted molar refractivity (Wildman–Crippen MR) is 66.7 cm³/mol. The van der Waals surface area contributed by atoms with E-state index >= 15 is 0 Å². The van der Waals surface area contributed by atoms with Crippen molar-refractivity contribution in [3.05, 3.63) is 42.5 Å². The van der Waals surface area contributed by atoms with Crippen molar-refractivity contribution >= 4 is 17.3 Å². The first-order valence-electron chi connectivity index (χ1n) is 5.37. The van der Waals surface area contributed by atoms with Gasteiger partial charge in [0.1, 0.15) is 5.69 Å². The van der Waals surface area contributed by atoms with Crippen molar-refractivity contribution < 1.29 is 4.79 Å². The molecule has 0 radical (unpaired) electrons. The molecule has 0 spiro atoms. The third-order valence-corrected chi connectivity index (χ3v) is 2.41. The van der Waals surface area contributed by atoms with Gasteiger partial charge in [-0.1, -0.05) is 0 Å². The largest absolute Gasteiger partial charge is 0.397 e. The maximum atomic E-state index is 12.0. The second kappa shape index (κ2) is 4.69. The third-order valence-electron chi connectivity index (χ3n) is 2.41. The molecule has 0 saturated carbocycles. The van der Waals surface area contributed by atoms with E-state index in [4.69, 9.17) is 5.73 Å². The van der Waals surface area contributed by atoms with Crippen molar-refractivity contribution in [2.75, 3.05) is 11.1 Å². The molecular formula is C12H14N4O. The average molecular weight is 230 g/mol. The molecule has 0 atom stereocenters. The van der Waals surface area contributed by atoms with Crippen LogP contribution in [-0.4, -0.2) is 15.5 Å². The van der Waals surface area contributed by atoms with Crippen LogP contribution >= 0.6 is 0 Å². The van der Waals surface area contributed by atoms with E-state index in [-0.39, 0.29) is 5.91 Å². The Morgan fingerprint density at radius 3 is 3.06 bits per heavy atom. The highest BCUT2D eigenvalue weighted by molar-refractivity contribution is 6.03. The number of nitrogens with one attached hydrogen (secondary N) is 1. The van der Waals surface area contributed by atoms with Crippen LogP contribution in [0.2, 0.25) is 0 Å². The first kappa shape index (κ1) is 11.2. The van der Waals surface area contributed by atoms with Gasteiger partial charge in [0.15, 0.2) is 0 Å². The Hall–Kier alpha value is -2.30. The number of hydrogen-bond acceptors (Lipinski definition) is 3. The number of carbonyl (C=O) groups is 1. The fourth-order valence-corrected chi connectivity index (χ4v) is 1.62. The van der Waals surface area contributed by atoms with Gasteiger partial charge >= 0.3 is 0 Å². The molecule has 0 aliphatic heterocycles. The normalized spacial score (nSPS) is 10.2. The summed E-state index contributed by atoms with van der Waals surface area (Å²) in [6, 6.07) is 5.21. The molecule has 88 valence electrons. The topological polar surface area (TPSA) is 72.9 Å². The van der Waals surface area contributed by atoms with E-state index in [1.807, 2.05) is 6.92 Å². The minimum absolute atomic E-state index is 0.184. The maximum absolute atomic E-state index is 12.0. The van der Waals surface area contributed by atoms with Crippen LogP contribution in [0.15, 0.2) is 36.8 Å². The third kappa shape index (κ3) is 2.44. The van der Waals surface area contributed by atoms with E-state index in [1.54, 1.807) is 41.4 Å². The highest BCUT2D eigenvalue weighted by Crippen LogP contribution is 2.13. The van der Waals surface area contributed by atoms with Crippen molar-refractivity contribution in [1.82, 2.24) is 9.55 Å². The fourth-order valence-electron chi connectivity index (χ4n) is 1.62. The van der Waals surface area contributed by atoms with E-state index in [0.29, 0.717) is 23.6 Å². The van der Waals surface area contributed by atoms with Crippen LogP contribution in [0.4, 0.5) is 11.4 Å². The number of hydrogen-bond donors (Lipinski definition) is 2. The van der Waals surface area contributed by atoms with Crippen molar-refractivity contribution in [2.24, 2.45) is 0 Å². The second-order valence-electron chi connectivity index (χ2n) is 3.64. The molecule has 5 heteroatoms. The van der Waals surface area contributed by atoms with Crippen molar-refractivity contribution in [3.8, 4) is 0 Å². The van der Waals surface area contributed by atoms with Gasteiger partial charge < -0.3 is 15.6 Å². The second-order valence-corrected chi connectivity index (χ2v) is 3.64. The number of nitrogens with two attached hydrogens (primary N) is 1. The van der Waals surface area contributed by atoms with Crippen molar-refractivity contribution in [3.63, 3.8) is 0 Å². The van der Waals surface area contributed by atoms with Gasteiger partial charge in [-0.2, -0.15) is 0 Å². The zero-order valence-electron chi connectivity index (χ0n) is 9.55. The molecule has 2 aromatic rings. The SMILES string of the molecule is CCn1cc(N)cc1C(=O)Nc1cccnc1. The lowest BCUT2D eigenvalue weighted by Gasteiger charge is -2.06. The summed E-state index contributed by atoms with van der Waals surface area (Å²) in [6.07, 6.45) is 5.00. The molecule has 3 N–H and O–H groups in total. The Morgan fingerprint density at radius 2 is 2.41 bits per heavy atom. The first-order chi connectivity index (χ1) is 8.20. The molecule has 0 aromatic carbocycles. The smallest absolute Gasteiger partial charge is 0.272 e. The fraction of sp³-hybridized carbons (Fsp3) is 0.167. The number of pyridine rings is 1. The van der Waals surface area contributed by atoms with Crippen LogP contribution in [0, 0.1) is 0 Å². The molecular weight excluding hydrogens is 216 g/mol. The molecule has 2 rings (SSSR count). The Bertz CT molecular complexity index is 519. The van der Waals surface area contributed by atoms with Crippen LogP contribution in [0.25, 0.3) is 0 Å². The molecule has 0 unspecified atom stereocenters. The molecule has 2 heterocycles. The number of nitrogen functional groups attached to an aromatic ring is 1. The number of aryl methyl sites for hydroxylation is 1. The van der Waals surface area contributed by atoms with E-state index in [1.165, 1.54) is 0 Å². The van der Waals surface area contributed by atoms with Crippen molar-refractivity contribution in [2.45, 2.75) is 13.5 Å². The van der Waals surface area contributed by atoms with E-state index < -0.39 is 0 Å². The molecule has 17 heavy (non-hydrogen) atoms. The van der Waals surface area contributed by atoms with Gasteiger partial charge in [0.25, 0.3) is 5.91 Å². The summed E-state index contributed by atoms with van der Waals surface area (Å²) in [5.74, 6) is -0.184. The number of nitrogens with zero attached hydrogens (tertiary/aromatic N) is 2. The van der Waals surface area contributed by atoms with Crippen molar-refractivity contribution in [1.29, 1.82) is 0 Å². The summed E-state index contributed by atoms with van der Waals surface area (Å²) >= 11 is 0. The Morgan fingerprint density at radius 1 is 1.59 bits per heavy atom. The van der Waals surface area contributed by atoms with E-state index in [2.05, 4.69) is 10.3 Å². The lowest BCUT2D eigenvalue weighted by atomic mass is 10.3. The minimum Gasteiger partial charge on any atom is -0.397 e. The lowest BCUT2D eigenvalue weighted by Crippen LogP contribution is -2.16. The first-order valence-corrected chi connectivity index (χ1v) is 5.37. The lowest BCUT2D eigenvalue weighted by molar-refractivity contribution is 0.101. The van der Waals surface area contributed by atoms with Crippen LogP contribution in [0.5, 0.6) is 0 Å². The molecule has 2 aromatic heterocycles. The van der Waals surface area contributed by atoms with E-state index in [9.17, 15) is 4.79 Å². The Kier molecular flexibility index (Phi) is 3.09. The highest BCUT2D eigenvalue weighted by Gasteiger charge is 2.12. The van der Waals surface area contributed by atoms with Gasteiger partial charge in [-0.3, -0.25) is 9.78 Å². The van der Waals surface area contributed by atoms with Crippen LogP contribution in [0.1, 0.15) is 17.4 Å². The number of amides is 1. The molecule has 5 nitrogen and oxygen atoms in total. The minimum atomic E-state index is -0.184. The van der Waals surface area contributed by atoms with Crippen LogP contribution < -0.4 is 11.1 Å². The molecule has 0 saturated heterocycles. The standard InChI is InChI=1S/C12H14N4O/c1-2-16-8-9(13)6-11(16)12(17)15-10-4-3-5-14-7-10/h3-8H,2,13H2,1H3,(H,15,17). The molecule has 0 aliphatic rings. The number of aromatic nitrogens is 2. The van der Waals surface area contributed by atoms with Gasteiger partial charge in [-0.25, -0.2) is 0 Å². The quantitative estimate of drug-likeness (QED) is 0.843. The summed E-state index contributed by atoms with van der Waals surface area (Å²) in [5, 5.41) is 2.77. The highest BCUT2D eigenvalue weighted by atomic mass is 16.1. The average Bonchev–Trinajstić information content (AvgIpc) is 2.72. The summed E-state index contributed by atoms with van der Waals surface area (Å²) in [6.45, 7) is 2.66. The summed E-state index contributed by atoms with van der Waals surface area (Å²) in [7, 11) is 0. The molecule has 0 fully saturated rings. The Labute approximate surface area is 99.3 Å². The Balaban J connectivity index is 2.20. The van der Waals surface area contributed by atoms with E-state index in [0.717, 1.165) is 0 Å². The molecule has 1 amide bonds. The van der Waals surface area contributed by atoms with Crippen LogP contribution in [0.3, 0.4) is 0 Å². The summed E-state index contributed by atoms with van der Waals surface area (Å²) in [5.41, 5.74) is 7.48. The molecule has 0 aliphatic carbocycles. The summed E-state index contributed by atoms with van der Waals surface area (Å²) in [4.78, 5) is 15.9. The monoisotopic (exact) mass is 230 g/mol. The van der Waals surface area contributed by atoms with Gasteiger partial charge in [0.05, 0.1) is 17.6 Å². The van der Waals surface area contributed by atoms with Gasteiger partial charge in [-0.15, -0.1) is 0 Å². The zero-order valence-corrected chi connectivity index (χ0v) is 9.55. The van der Waals surface area contributed by atoms with Crippen LogP contribution in [-0.2, 0) is 6.54 Å². The summed E-state index contributed by atoms with van der Waals surface area (Å²) < 4.78 is 1.81. The number of carbonyl (C=O) groups excluding carboxylic acids is 1. The predicted octanol–water partition coefficient (Wildman–Crippen LogP) is 1.74. The van der Waals surface area contributed by atoms with Gasteiger partial charge in [-0.05, 0) is 25.1 Å². The number of anilines is 2. The van der Waals surface area contributed by atoms with Gasteiger partial charge in [0.2, 0.25) is 0 Å². The number of rotatable bonds is 3.